The maximum absolute atomic E-state index is 13.0. The summed E-state index contributed by atoms with van der Waals surface area (Å²) in [6, 6.07) is 8.65. The van der Waals surface area contributed by atoms with Crippen molar-refractivity contribution in [3.05, 3.63) is 68.3 Å². The summed E-state index contributed by atoms with van der Waals surface area (Å²) in [5.74, 6) is -0.863. The maximum atomic E-state index is 13.0. The Kier molecular flexibility index (Phi) is 5.27. The molecule has 0 bridgehead atoms. The maximum Gasteiger partial charge on any atom is 0.252 e. The molecule has 0 saturated heterocycles. The Morgan fingerprint density at radius 2 is 1.81 bits per heavy atom. The Morgan fingerprint density at radius 3 is 2.48 bits per heavy atom. The van der Waals surface area contributed by atoms with Gasteiger partial charge in [0.2, 0.25) is 0 Å². The zero-order chi connectivity index (χ0) is 15.4. The normalized spacial score (nSPS) is 10.5. The molecule has 0 fully saturated rings. The van der Waals surface area contributed by atoms with Gasteiger partial charge in [0.25, 0.3) is 5.91 Å². The highest BCUT2D eigenvalue weighted by molar-refractivity contribution is 14.1. The lowest BCUT2D eigenvalue weighted by molar-refractivity contribution is 0.0953. The summed E-state index contributed by atoms with van der Waals surface area (Å²) >= 11 is 1.93. The van der Waals surface area contributed by atoms with Crippen LogP contribution < -0.4 is 5.32 Å². The van der Waals surface area contributed by atoms with Crippen molar-refractivity contribution in [3.8, 4) is 0 Å². The van der Waals surface area contributed by atoms with E-state index in [-0.39, 0.29) is 17.5 Å². The van der Waals surface area contributed by atoms with E-state index in [4.69, 9.17) is 0 Å². The van der Waals surface area contributed by atoms with Crippen molar-refractivity contribution in [1.82, 2.24) is 5.32 Å². The van der Waals surface area contributed by atoms with E-state index in [1.165, 1.54) is 30.3 Å². The van der Waals surface area contributed by atoms with Crippen LogP contribution in [0.25, 0.3) is 0 Å². The Hall–Kier alpha value is -1.50. The van der Waals surface area contributed by atoms with Crippen LogP contribution in [0.3, 0.4) is 0 Å². The smallest absolute Gasteiger partial charge is 0.252 e. The van der Waals surface area contributed by atoms with Crippen molar-refractivity contribution in [2.24, 2.45) is 0 Å². The number of benzene rings is 2. The molecule has 2 nitrogen and oxygen atoms in total. The van der Waals surface area contributed by atoms with Crippen molar-refractivity contribution in [1.29, 1.82) is 0 Å². The Balaban J connectivity index is 1.95. The van der Waals surface area contributed by atoms with Gasteiger partial charge in [-0.15, -0.1) is 0 Å². The fourth-order valence-corrected chi connectivity index (χ4v) is 2.74. The van der Waals surface area contributed by atoms with Gasteiger partial charge in [-0.25, -0.2) is 8.78 Å². The minimum absolute atomic E-state index is 0.237. The number of hydrogen-bond acceptors (Lipinski definition) is 1. The fourth-order valence-electron chi connectivity index (χ4n) is 2.02. The number of halogens is 3. The second-order valence-corrected chi connectivity index (χ2v) is 5.86. The van der Waals surface area contributed by atoms with Crippen LogP contribution in [0.5, 0.6) is 0 Å². The molecule has 21 heavy (non-hydrogen) atoms. The topological polar surface area (TPSA) is 29.1 Å². The lowest BCUT2D eigenvalue weighted by atomic mass is 10.1. The third-order valence-electron chi connectivity index (χ3n) is 3.16. The molecule has 0 aliphatic rings. The van der Waals surface area contributed by atoms with Crippen LogP contribution in [0.15, 0.2) is 36.4 Å². The van der Waals surface area contributed by atoms with E-state index < -0.39 is 0 Å². The van der Waals surface area contributed by atoms with E-state index in [1.807, 2.05) is 29.5 Å². The van der Waals surface area contributed by atoms with E-state index in [9.17, 15) is 13.6 Å². The molecule has 2 rings (SSSR count). The monoisotopic (exact) mass is 401 g/mol. The van der Waals surface area contributed by atoms with Crippen molar-refractivity contribution in [2.45, 2.75) is 13.3 Å². The van der Waals surface area contributed by atoms with Crippen LogP contribution in [-0.4, -0.2) is 12.5 Å². The second kappa shape index (κ2) is 6.98. The molecule has 0 aliphatic heterocycles. The fraction of sp³-hybridized carbons (Fsp3) is 0.188. The number of hydrogen-bond donors (Lipinski definition) is 1. The molecule has 1 N–H and O–H groups in total. The summed E-state index contributed by atoms with van der Waals surface area (Å²) in [6.45, 7) is 2.28. The highest BCUT2D eigenvalue weighted by Crippen LogP contribution is 2.14. The molecule has 0 saturated carbocycles. The standard InChI is InChI=1S/C16H14F2INO/c1-10-8-12(17)3-2-11(10)6-7-20-16(21)14-5-4-13(18)9-15(14)19/h2-5,8-9H,6-7H2,1H3,(H,20,21). The lowest BCUT2D eigenvalue weighted by Crippen LogP contribution is -2.26. The summed E-state index contributed by atoms with van der Waals surface area (Å²) in [5, 5.41) is 2.79. The molecule has 0 unspecified atom stereocenters. The van der Waals surface area contributed by atoms with Gasteiger partial charge in [0.15, 0.2) is 0 Å². The van der Waals surface area contributed by atoms with Crippen molar-refractivity contribution < 1.29 is 13.6 Å². The SMILES string of the molecule is Cc1cc(F)ccc1CCNC(=O)c1ccc(F)cc1I. The van der Waals surface area contributed by atoms with Crippen LogP contribution in [0, 0.1) is 22.1 Å². The molecular formula is C16H14F2INO. The number of rotatable bonds is 4. The van der Waals surface area contributed by atoms with Gasteiger partial charge in [0.05, 0.1) is 5.56 Å². The first kappa shape index (κ1) is 15.9. The molecule has 0 atom stereocenters. The summed E-state index contributed by atoms with van der Waals surface area (Å²) in [6.07, 6.45) is 0.621. The van der Waals surface area contributed by atoms with Crippen LogP contribution in [0.1, 0.15) is 21.5 Å². The minimum Gasteiger partial charge on any atom is -0.352 e. The third kappa shape index (κ3) is 4.23. The Morgan fingerprint density at radius 1 is 1.14 bits per heavy atom. The number of carbonyl (C=O) groups excluding carboxylic acids is 1. The molecule has 2 aromatic carbocycles. The van der Waals surface area contributed by atoms with Gasteiger partial charge < -0.3 is 5.32 Å². The first-order valence-electron chi connectivity index (χ1n) is 6.45. The summed E-state index contributed by atoms with van der Waals surface area (Å²) in [4.78, 5) is 12.0. The average molecular weight is 401 g/mol. The second-order valence-electron chi connectivity index (χ2n) is 4.70. The molecular weight excluding hydrogens is 387 g/mol. The van der Waals surface area contributed by atoms with Crippen molar-refractivity contribution in [3.63, 3.8) is 0 Å². The average Bonchev–Trinajstić information content (AvgIpc) is 2.41. The van der Waals surface area contributed by atoms with E-state index in [0.29, 0.717) is 22.1 Å². The highest BCUT2D eigenvalue weighted by atomic mass is 127. The number of carbonyl (C=O) groups is 1. The number of aryl methyl sites for hydroxylation is 1. The molecule has 0 radical (unpaired) electrons. The predicted molar refractivity (Wildman–Crippen MR) is 86.3 cm³/mol. The van der Waals surface area contributed by atoms with Gasteiger partial charge in [0, 0.05) is 10.1 Å². The van der Waals surface area contributed by atoms with E-state index in [2.05, 4.69) is 5.32 Å². The molecule has 5 heteroatoms. The number of amides is 1. The molecule has 0 aliphatic carbocycles. The van der Waals surface area contributed by atoms with Gasteiger partial charge in [-0.3, -0.25) is 4.79 Å². The van der Waals surface area contributed by atoms with Crippen molar-refractivity contribution >= 4 is 28.5 Å². The highest BCUT2D eigenvalue weighted by Gasteiger charge is 2.10. The molecule has 2 aromatic rings. The van der Waals surface area contributed by atoms with Crippen molar-refractivity contribution in [2.75, 3.05) is 6.54 Å². The van der Waals surface area contributed by atoms with Gasteiger partial charge in [-0.2, -0.15) is 0 Å². The third-order valence-corrected chi connectivity index (χ3v) is 4.05. The summed E-state index contributed by atoms with van der Waals surface area (Å²) in [7, 11) is 0. The largest absolute Gasteiger partial charge is 0.352 e. The predicted octanol–water partition coefficient (Wildman–Crippen LogP) is 3.85. The molecule has 110 valence electrons. The van der Waals surface area contributed by atoms with Gasteiger partial charge >= 0.3 is 0 Å². The molecule has 1 amide bonds. The van der Waals surface area contributed by atoms with Gasteiger partial charge in [0.1, 0.15) is 11.6 Å². The van der Waals surface area contributed by atoms with Crippen LogP contribution >= 0.6 is 22.6 Å². The zero-order valence-corrected chi connectivity index (χ0v) is 13.6. The Bertz CT molecular complexity index is 673. The quantitative estimate of drug-likeness (QED) is 0.775. The zero-order valence-electron chi connectivity index (χ0n) is 11.4. The van der Waals surface area contributed by atoms with E-state index in [0.717, 1.165) is 11.1 Å². The van der Waals surface area contributed by atoms with Crippen LogP contribution in [0.4, 0.5) is 8.78 Å². The van der Waals surface area contributed by atoms with E-state index >= 15 is 0 Å². The number of nitrogens with one attached hydrogen (secondary N) is 1. The van der Waals surface area contributed by atoms with Crippen LogP contribution in [0.2, 0.25) is 0 Å². The van der Waals surface area contributed by atoms with E-state index in [1.54, 1.807) is 6.07 Å². The lowest BCUT2D eigenvalue weighted by Gasteiger charge is -2.09. The van der Waals surface area contributed by atoms with Crippen LogP contribution in [-0.2, 0) is 6.42 Å². The molecule has 0 aromatic heterocycles. The minimum atomic E-state index is -0.363. The van der Waals surface area contributed by atoms with Gasteiger partial charge in [-0.1, -0.05) is 6.07 Å². The first-order valence-corrected chi connectivity index (χ1v) is 7.53. The molecule has 0 spiro atoms. The Labute approximate surface area is 135 Å². The summed E-state index contributed by atoms with van der Waals surface area (Å²) in [5.41, 5.74) is 2.30. The van der Waals surface area contributed by atoms with Gasteiger partial charge in [-0.05, 0) is 77.4 Å². The summed E-state index contributed by atoms with van der Waals surface area (Å²) < 4.78 is 26.6. The molecule has 0 heterocycles. The first-order chi connectivity index (χ1) is 9.97.